The maximum Gasteiger partial charge on any atom is 0.237 e. The smallest absolute Gasteiger partial charge is 0.237 e. The van der Waals surface area contributed by atoms with Crippen molar-refractivity contribution >= 4 is 17.7 Å². The van der Waals surface area contributed by atoms with Gasteiger partial charge < -0.3 is 11.1 Å². The van der Waals surface area contributed by atoms with Crippen LogP contribution in [0.1, 0.15) is 39.5 Å². The topological polar surface area (TPSA) is 72.9 Å². The highest BCUT2D eigenvalue weighted by Crippen LogP contribution is 2.20. The first-order valence-corrected chi connectivity index (χ1v) is 8.13. The molecular weight excluding hydrogens is 272 g/mol. The number of amides is 1. The van der Waals surface area contributed by atoms with Crippen LogP contribution in [-0.2, 0) is 11.8 Å². The van der Waals surface area contributed by atoms with E-state index in [1.165, 1.54) is 4.90 Å². The summed E-state index contributed by atoms with van der Waals surface area (Å²) in [6.45, 7) is 4.81. The lowest BCUT2D eigenvalue weighted by Crippen LogP contribution is -2.53. The number of nitrogens with one attached hydrogen (secondary N) is 1. The molecule has 0 saturated heterocycles. The second kappa shape index (κ2) is 8.32. The number of rotatable bonds is 10. The molecular formula is C14H26N4OS. The lowest BCUT2D eigenvalue weighted by molar-refractivity contribution is -0.124. The zero-order chi connectivity index (χ0) is 15.0. The highest BCUT2D eigenvalue weighted by molar-refractivity contribution is 7.99. The van der Waals surface area contributed by atoms with Gasteiger partial charge in [-0.1, -0.05) is 13.3 Å². The van der Waals surface area contributed by atoms with E-state index in [0.29, 0.717) is 0 Å². The zero-order valence-electron chi connectivity index (χ0n) is 12.7. The second-order valence-corrected chi connectivity index (χ2v) is 6.45. The number of carbonyl (C=O) groups excluding carboxylic acids is 1. The maximum atomic E-state index is 11.6. The van der Waals surface area contributed by atoms with E-state index in [1.807, 2.05) is 26.4 Å². The minimum Gasteiger partial charge on any atom is -0.368 e. The minimum atomic E-state index is -0.574. The molecule has 1 unspecified atom stereocenters. The first-order chi connectivity index (χ1) is 9.48. The fourth-order valence-electron chi connectivity index (χ4n) is 1.94. The van der Waals surface area contributed by atoms with Gasteiger partial charge >= 0.3 is 0 Å². The Morgan fingerprint density at radius 2 is 2.30 bits per heavy atom. The van der Waals surface area contributed by atoms with Crippen LogP contribution in [0.5, 0.6) is 0 Å². The number of unbranched alkanes of at least 4 members (excludes halogenated alkanes) is 1. The summed E-state index contributed by atoms with van der Waals surface area (Å²) in [7, 11) is 1.92. The molecule has 1 heterocycles. The summed E-state index contributed by atoms with van der Waals surface area (Å²) >= 11 is 1.80. The van der Waals surface area contributed by atoms with E-state index < -0.39 is 5.54 Å². The summed E-state index contributed by atoms with van der Waals surface area (Å²) < 4.78 is 1.81. The number of nitrogens with two attached hydrogens (primary N) is 1. The fraction of sp³-hybridized carbons (Fsp3) is 0.714. The number of aromatic nitrogens is 2. The van der Waals surface area contributed by atoms with E-state index in [0.717, 1.165) is 38.0 Å². The Morgan fingerprint density at radius 1 is 1.55 bits per heavy atom. The lowest BCUT2D eigenvalue weighted by Gasteiger charge is -2.27. The van der Waals surface area contributed by atoms with Crippen LogP contribution < -0.4 is 11.1 Å². The molecule has 0 saturated carbocycles. The van der Waals surface area contributed by atoms with Gasteiger partial charge in [0.05, 0.1) is 11.7 Å². The van der Waals surface area contributed by atoms with E-state index in [1.54, 1.807) is 16.4 Å². The summed E-state index contributed by atoms with van der Waals surface area (Å²) in [6.07, 6.45) is 7.73. The molecule has 0 radical (unpaired) electrons. The van der Waals surface area contributed by atoms with E-state index in [9.17, 15) is 4.79 Å². The van der Waals surface area contributed by atoms with Crippen LogP contribution in [0.15, 0.2) is 17.3 Å². The Hall–Kier alpha value is -1.01. The third kappa shape index (κ3) is 5.54. The quantitative estimate of drug-likeness (QED) is 0.511. The first kappa shape index (κ1) is 17.0. The van der Waals surface area contributed by atoms with Gasteiger partial charge in [-0.15, -0.1) is 11.8 Å². The molecule has 20 heavy (non-hydrogen) atoms. The average molecular weight is 298 g/mol. The maximum absolute atomic E-state index is 11.6. The number of carbonyl (C=O) groups is 1. The predicted octanol–water partition coefficient (Wildman–Crippen LogP) is 1.93. The van der Waals surface area contributed by atoms with Crippen molar-refractivity contribution in [3.05, 3.63) is 12.4 Å². The van der Waals surface area contributed by atoms with Gasteiger partial charge in [0.2, 0.25) is 5.91 Å². The van der Waals surface area contributed by atoms with E-state index in [-0.39, 0.29) is 5.91 Å². The van der Waals surface area contributed by atoms with Crippen molar-refractivity contribution in [3.63, 3.8) is 0 Å². The molecule has 1 amide bonds. The predicted molar refractivity (Wildman–Crippen MR) is 83.7 cm³/mol. The Morgan fingerprint density at radius 3 is 2.85 bits per heavy atom. The van der Waals surface area contributed by atoms with E-state index in [4.69, 9.17) is 5.73 Å². The number of nitrogens with zero attached hydrogens (tertiary/aromatic N) is 2. The molecule has 6 heteroatoms. The molecule has 1 aromatic rings. The summed E-state index contributed by atoms with van der Waals surface area (Å²) in [6, 6.07) is 0. The van der Waals surface area contributed by atoms with Crippen LogP contribution in [-0.4, -0.2) is 33.5 Å². The Bertz CT molecular complexity index is 421. The molecule has 1 atom stereocenters. The van der Waals surface area contributed by atoms with Crippen molar-refractivity contribution in [2.45, 2.75) is 50.0 Å². The van der Waals surface area contributed by atoms with Crippen molar-refractivity contribution in [1.29, 1.82) is 0 Å². The molecule has 1 rings (SSSR count). The van der Waals surface area contributed by atoms with Crippen molar-refractivity contribution < 1.29 is 4.79 Å². The molecule has 0 aliphatic carbocycles. The second-order valence-electron chi connectivity index (χ2n) is 5.28. The SMILES string of the molecule is CCCNC(C)(CCCCSc1cnn(C)c1)C(N)=O. The van der Waals surface area contributed by atoms with Crippen LogP contribution in [0.3, 0.4) is 0 Å². The molecule has 0 fully saturated rings. The lowest BCUT2D eigenvalue weighted by atomic mass is 9.94. The van der Waals surface area contributed by atoms with Gasteiger partial charge in [0.25, 0.3) is 0 Å². The molecule has 5 nitrogen and oxygen atoms in total. The monoisotopic (exact) mass is 298 g/mol. The third-order valence-electron chi connectivity index (χ3n) is 3.33. The summed E-state index contributed by atoms with van der Waals surface area (Å²) in [5.41, 5.74) is 4.93. The summed E-state index contributed by atoms with van der Waals surface area (Å²) in [5, 5.41) is 7.40. The standard InChI is InChI=1S/C14H26N4OS/c1-4-8-16-14(2,13(15)19)7-5-6-9-20-12-10-17-18(3)11-12/h10-11,16H,4-9H2,1-3H3,(H2,15,19). The van der Waals surface area contributed by atoms with Crippen molar-refractivity contribution in [2.75, 3.05) is 12.3 Å². The van der Waals surface area contributed by atoms with Crippen molar-refractivity contribution in [2.24, 2.45) is 12.8 Å². The highest BCUT2D eigenvalue weighted by Gasteiger charge is 2.29. The summed E-state index contributed by atoms with van der Waals surface area (Å²) in [5.74, 6) is 0.778. The van der Waals surface area contributed by atoms with Crippen molar-refractivity contribution in [1.82, 2.24) is 15.1 Å². The largest absolute Gasteiger partial charge is 0.368 e. The molecule has 0 spiro atoms. The van der Waals surface area contributed by atoms with E-state index >= 15 is 0 Å². The van der Waals surface area contributed by atoms with Gasteiger partial charge in [0, 0.05) is 18.1 Å². The van der Waals surface area contributed by atoms with Gasteiger partial charge in [0.1, 0.15) is 0 Å². The molecule has 0 aliphatic heterocycles. The third-order valence-corrected chi connectivity index (χ3v) is 4.37. The molecule has 0 aliphatic rings. The van der Waals surface area contributed by atoms with E-state index in [2.05, 4.69) is 17.3 Å². The fourth-order valence-corrected chi connectivity index (χ4v) is 2.88. The minimum absolute atomic E-state index is 0.258. The molecule has 114 valence electrons. The van der Waals surface area contributed by atoms with Gasteiger partial charge in [-0.3, -0.25) is 9.48 Å². The number of hydrogen-bond donors (Lipinski definition) is 2. The molecule has 3 N–H and O–H groups in total. The van der Waals surface area contributed by atoms with Crippen LogP contribution in [0.25, 0.3) is 0 Å². The highest BCUT2D eigenvalue weighted by atomic mass is 32.2. The number of thioether (sulfide) groups is 1. The first-order valence-electron chi connectivity index (χ1n) is 7.14. The molecule has 1 aromatic heterocycles. The normalized spacial score (nSPS) is 14.2. The van der Waals surface area contributed by atoms with Crippen molar-refractivity contribution in [3.8, 4) is 0 Å². The summed E-state index contributed by atoms with van der Waals surface area (Å²) in [4.78, 5) is 12.7. The van der Waals surface area contributed by atoms with Crippen LogP contribution >= 0.6 is 11.8 Å². The zero-order valence-corrected chi connectivity index (χ0v) is 13.5. The van der Waals surface area contributed by atoms with Crippen LogP contribution in [0.4, 0.5) is 0 Å². The molecule has 0 bridgehead atoms. The van der Waals surface area contributed by atoms with Crippen LogP contribution in [0.2, 0.25) is 0 Å². The Labute approximate surface area is 125 Å². The van der Waals surface area contributed by atoms with Gasteiger partial charge in [-0.05, 0) is 38.5 Å². The van der Waals surface area contributed by atoms with Gasteiger partial charge in [0.15, 0.2) is 0 Å². The molecule has 0 aromatic carbocycles. The van der Waals surface area contributed by atoms with Gasteiger partial charge in [-0.25, -0.2) is 0 Å². The van der Waals surface area contributed by atoms with Crippen LogP contribution in [0, 0.1) is 0 Å². The Kier molecular flexibility index (Phi) is 7.09. The average Bonchev–Trinajstić information content (AvgIpc) is 2.81. The number of primary amides is 1. The van der Waals surface area contributed by atoms with Gasteiger partial charge in [-0.2, -0.15) is 5.10 Å². The number of aryl methyl sites for hydroxylation is 1. The Balaban J connectivity index is 2.25. The number of hydrogen-bond acceptors (Lipinski definition) is 4.